The fourth-order valence-corrected chi connectivity index (χ4v) is 5.09. The lowest BCUT2D eigenvalue weighted by Crippen LogP contribution is -2.58. The number of fused-ring (bicyclic) bond motifs is 1. The lowest BCUT2D eigenvalue weighted by atomic mass is 10.0. The van der Waals surface area contributed by atoms with Crippen molar-refractivity contribution < 1.29 is 23.9 Å². The fourth-order valence-electron chi connectivity index (χ4n) is 5.09. The minimum absolute atomic E-state index is 0.112. The molecule has 4 amide bonds. The van der Waals surface area contributed by atoms with Crippen molar-refractivity contribution in [3.63, 3.8) is 0 Å². The van der Waals surface area contributed by atoms with Gasteiger partial charge in [0.1, 0.15) is 17.8 Å². The number of methoxy groups -OCH3 is 1. The molecule has 2 atom stereocenters. The van der Waals surface area contributed by atoms with Crippen LogP contribution in [0.2, 0.25) is 0 Å². The second-order valence-electron chi connectivity index (χ2n) is 10.5. The Morgan fingerprint density at radius 3 is 2.68 bits per heavy atom. The normalized spacial score (nSPS) is 20.9. The van der Waals surface area contributed by atoms with Gasteiger partial charge in [0, 0.05) is 37.9 Å². The predicted octanol–water partition coefficient (Wildman–Crippen LogP) is 4.29. The number of urea groups is 1. The largest absolute Gasteiger partial charge is 0.530 e. The third kappa shape index (κ3) is 4.87. The number of aromatic nitrogens is 1. The molecule has 2 aromatic rings. The van der Waals surface area contributed by atoms with Crippen LogP contribution in [-0.4, -0.2) is 62.1 Å². The monoisotopic (exact) mass is 521 g/mol. The first kappa shape index (κ1) is 26.9. The van der Waals surface area contributed by atoms with Gasteiger partial charge >= 0.3 is 18.2 Å². The number of benzene rings is 1. The number of nitrogens with zero attached hydrogens (tertiary/aromatic N) is 5. The lowest BCUT2D eigenvalue weighted by molar-refractivity contribution is 0.0500. The Morgan fingerprint density at radius 2 is 2.00 bits per heavy atom. The van der Waals surface area contributed by atoms with Crippen LogP contribution in [0.1, 0.15) is 44.7 Å². The Labute approximate surface area is 222 Å². The average Bonchev–Trinajstić information content (AvgIpc) is 3.10. The number of quaternary nitrogens is 1. The van der Waals surface area contributed by atoms with Crippen molar-refractivity contribution in [2.24, 2.45) is 0 Å². The van der Waals surface area contributed by atoms with E-state index in [0.29, 0.717) is 41.4 Å². The van der Waals surface area contributed by atoms with Gasteiger partial charge in [-0.15, -0.1) is 0 Å². The molecule has 1 aromatic heterocycles. The standard InChI is InChI=1S/C27H32N6O5/c1-27(2,3)38-24(34)30-20-11-8-14-32(16-20)21-12-13-29-23-22(21)33(26(36)37-5,25(35)31(23)4)17-19-10-7-6-9-18(19)15-28/h6-7,9-10,12-13,20H,8,11,14,16-17H2,1-5H3/p+1/t20?,33-/m1/s1. The number of anilines is 2. The maximum absolute atomic E-state index is 13.8. The number of imide groups is 1. The molecule has 4 rings (SSSR count). The molecule has 11 heteroatoms. The number of amides is 4. The molecule has 1 N–H and O–H groups in total. The number of pyridine rings is 1. The van der Waals surface area contributed by atoms with Gasteiger partial charge in [-0.3, -0.25) is 0 Å². The van der Waals surface area contributed by atoms with Crippen molar-refractivity contribution in [1.29, 1.82) is 5.26 Å². The molecule has 2 aliphatic heterocycles. The number of hydrogen-bond donors (Lipinski definition) is 1. The molecular weight excluding hydrogens is 488 g/mol. The second-order valence-corrected chi connectivity index (χ2v) is 10.5. The zero-order valence-corrected chi connectivity index (χ0v) is 22.4. The van der Waals surface area contributed by atoms with Gasteiger partial charge in [-0.2, -0.15) is 10.1 Å². The van der Waals surface area contributed by atoms with Crippen LogP contribution in [0.15, 0.2) is 36.5 Å². The van der Waals surface area contributed by atoms with E-state index >= 15 is 0 Å². The zero-order chi connectivity index (χ0) is 27.7. The van der Waals surface area contributed by atoms with Crippen LogP contribution < -0.4 is 19.6 Å². The maximum atomic E-state index is 13.8. The summed E-state index contributed by atoms with van der Waals surface area (Å²) in [6, 6.07) is 10.1. The number of ether oxygens (including phenoxy) is 2. The summed E-state index contributed by atoms with van der Waals surface area (Å²) in [6.07, 6.45) is 1.87. The topological polar surface area (TPSA) is 125 Å². The molecule has 11 nitrogen and oxygen atoms in total. The summed E-state index contributed by atoms with van der Waals surface area (Å²) < 4.78 is 9.83. The summed E-state index contributed by atoms with van der Waals surface area (Å²) >= 11 is 0. The molecule has 1 aromatic carbocycles. The highest BCUT2D eigenvalue weighted by Gasteiger charge is 2.61. The molecule has 0 aliphatic carbocycles. The fraction of sp³-hybridized carbons (Fsp3) is 0.444. The first-order chi connectivity index (χ1) is 18.0. The average molecular weight is 522 g/mol. The van der Waals surface area contributed by atoms with E-state index in [-0.39, 0.29) is 12.6 Å². The number of nitriles is 1. The molecule has 3 heterocycles. The van der Waals surface area contributed by atoms with Gasteiger partial charge in [0.25, 0.3) is 0 Å². The van der Waals surface area contributed by atoms with E-state index in [1.807, 2.05) is 25.7 Å². The van der Waals surface area contributed by atoms with E-state index in [0.717, 1.165) is 12.8 Å². The maximum Gasteiger partial charge on any atom is 0.530 e. The van der Waals surface area contributed by atoms with Crippen molar-refractivity contribution in [2.45, 2.75) is 51.8 Å². The van der Waals surface area contributed by atoms with E-state index in [9.17, 15) is 19.6 Å². The highest BCUT2D eigenvalue weighted by Crippen LogP contribution is 2.49. The van der Waals surface area contributed by atoms with E-state index in [4.69, 9.17) is 9.47 Å². The minimum atomic E-state index is -0.801. The van der Waals surface area contributed by atoms with Gasteiger partial charge < -0.3 is 19.7 Å². The van der Waals surface area contributed by atoms with Crippen LogP contribution >= 0.6 is 0 Å². The van der Waals surface area contributed by atoms with Gasteiger partial charge in [0.05, 0.1) is 18.7 Å². The Kier molecular flexibility index (Phi) is 7.29. The molecule has 0 radical (unpaired) electrons. The molecule has 1 saturated heterocycles. The summed E-state index contributed by atoms with van der Waals surface area (Å²) in [5.74, 6) is 0.342. The summed E-state index contributed by atoms with van der Waals surface area (Å²) in [5, 5.41) is 12.6. The van der Waals surface area contributed by atoms with Gasteiger partial charge in [0.2, 0.25) is 11.5 Å². The molecule has 2 aliphatic rings. The Morgan fingerprint density at radius 1 is 1.26 bits per heavy atom. The molecule has 0 spiro atoms. The predicted molar refractivity (Wildman–Crippen MR) is 142 cm³/mol. The van der Waals surface area contributed by atoms with Crippen LogP contribution in [-0.2, 0) is 16.0 Å². The number of piperidine rings is 1. The van der Waals surface area contributed by atoms with Gasteiger partial charge in [-0.1, -0.05) is 22.7 Å². The van der Waals surface area contributed by atoms with E-state index < -0.39 is 28.3 Å². The van der Waals surface area contributed by atoms with E-state index in [1.165, 1.54) is 12.0 Å². The third-order valence-electron chi connectivity index (χ3n) is 6.71. The smallest absolute Gasteiger partial charge is 0.444 e. The molecule has 200 valence electrons. The third-order valence-corrected chi connectivity index (χ3v) is 6.71. The number of rotatable bonds is 4. The van der Waals surface area contributed by atoms with Gasteiger partial charge in [-0.05, 0) is 45.7 Å². The molecule has 0 saturated carbocycles. The number of carbonyl (C=O) groups is 3. The number of carbonyl (C=O) groups excluding carboxylic acids is 3. The molecular formula is C27H33N6O5+. The molecule has 1 unspecified atom stereocenters. The highest BCUT2D eigenvalue weighted by atomic mass is 16.6. The highest BCUT2D eigenvalue weighted by molar-refractivity contribution is 6.20. The van der Waals surface area contributed by atoms with E-state index in [2.05, 4.69) is 16.4 Å². The van der Waals surface area contributed by atoms with Crippen molar-refractivity contribution in [3.05, 3.63) is 47.7 Å². The van der Waals surface area contributed by atoms with Gasteiger partial charge in [-0.25, -0.2) is 19.5 Å². The van der Waals surface area contributed by atoms with Crippen LogP contribution in [0.4, 0.5) is 31.6 Å². The Bertz CT molecular complexity index is 1300. The molecule has 38 heavy (non-hydrogen) atoms. The number of alkyl carbamates (subject to hydrolysis) is 1. The number of nitrogens with one attached hydrogen (secondary N) is 1. The SMILES string of the molecule is COC(=O)[N@@+]1(Cc2ccccc2C#N)C(=O)N(C)c2nccc(N3CCCC(NC(=O)OC(C)(C)C)C3)c21. The number of hydrogen-bond acceptors (Lipinski definition) is 8. The second kappa shape index (κ2) is 10.3. The summed E-state index contributed by atoms with van der Waals surface area (Å²) in [5.41, 5.74) is 1.31. The van der Waals surface area contributed by atoms with Crippen molar-refractivity contribution in [2.75, 3.05) is 37.0 Å². The first-order valence-electron chi connectivity index (χ1n) is 12.5. The summed E-state index contributed by atoms with van der Waals surface area (Å²) in [6.45, 7) is 6.41. The molecule has 0 bridgehead atoms. The van der Waals surface area contributed by atoms with E-state index in [1.54, 1.807) is 43.6 Å². The van der Waals surface area contributed by atoms with Crippen LogP contribution in [0, 0.1) is 11.3 Å². The van der Waals surface area contributed by atoms with Crippen molar-refractivity contribution in [1.82, 2.24) is 14.8 Å². The van der Waals surface area contributed by atoms with Crippen molar-refractivity contribution in [3.8, 4) is 6.07 Å². The minimum Gasteiger partial charge on any atom is -0.444 e. The zero-order valence-electron chi connectivity index (χ0n) is 22.4. The van der Waals surface area contributed by atoms with Crippen LogP contribution in [0.5, 0.6) is 0 Å². The summed E-state index contributed by atoms with van der Waals surface area (Å²) in [7, 11) is 2.81. The van der Waals surface area contributed by atoms with Crippen LogP contribution in [0.25, 0.3) is 0 Å². The Hall–Kier alpha value is -4.17. The quantitative estimate of drug-likeness (QED) is 0.591. The van der Waals surface area contributed by atoms with Gasteiger partial charge in [0.15, 0.2) is 0 Å². The Balaban J connectivity index is 1.77. The summed E-state index contributed by atoms with van der Waals surface area (Å²) in [4.78, 5) is 47.7. The van der Waals surface area contributed by atoms with Crippen LogP contribution in [0.3, 0.4) is 0 Å². The molecule has 1 fully saturated rings. The van der Waals surface area contributed by atoms with Crippen molar-refractivity contribution >= 4 is 35.4 Å². The first-order valence-corrected chi connectivity index (χ1v) is 12.5. The lowest BCUT2D eigenvalue weighted by Gasteiger charge is -2.36.